The van der Waals surface area contributed by atoms with E-state index in [-0.39, 0.29) is 5.82 Å². The SMILES string of the molecule is Fc1cccc(C2CCCC2)c1Br. The van der Waals surface area contributed by atoms with Gasteiger partial charge in [-0.05, 0) is 46.3 Å². The molecule has 0 heterocycles. The lowest BCUT2D eigenvalue weighted by molar-refractivity contribution is 0.610. The molecule has 0 N–H and O–H groups in total. The first-order chi connectivity index (χ1) is 6.29. The summed E-state index contributed by atoms with van der Waals surface area (Å²) >= 11 is 3.32. The van der Waals surface area contributed by atoms with E-state index in [4.69, 9.17) is 0 Å². The standard InChI is InChI=1S/C11H12BrF/c12-11-9(6-3-7-10(11)13)8-4-1-2-5-8/h3,6-8H,1-2,4-5H2. The maximum absolute atomic E-state index is 13.2. The number of rotatable bonds is 1. The summed E-state index contributed by atoms with van der Waals surface area (Å²) < 4.78 is 13.9. The molecule has 0 aliphatic heterocycles. The van der Waals surface area contributed by atoms with Gasteiger partial charge in [0.25, 0.3) is 0 Å². The van der Waals surface area contributed by atoms with Crippen LogP contribution in [0.3, 0.4) is 0 Å². The largest absolute Gasteiger partial charge is 0.206 e. The van der Waals surface area contributed by atoms with Gasteiger partial charge in [0.05, 0.1) is 4.47 Å². The third-order valence-corrected chi connectivity index (χ3v) is 3.61. The van der Waals surface area contributed by atoms with Gasteiger partial charge in [-0.15, -0.1) is 0 Å². The highest BCUT2D eigenvalue weighted by Crippen LogP contribution is 2.38. The smallest absolute Gasteiger partial charge is 0.137 e. The molecule has 0 atom stereocenters. The van der Waals surface area contributed by atoms with Crippen LogP contribution in [0.15, 0.2) is 22.7 Å². The third kappa shape index (κ3) is 1.78. The molecule has 0 bridgehead atoms. The molecule has 1 aromatic rings. The van der Waals surface area contributed by atoms with E-state index in [1.807, 2.05) is 6.07 Å². The van der Waals surface area contributed by atoms with Crippen LogP contribution in [0.4, 0.5) is 4.39 Å². The van der Waals surface area contributed by atoms with Gasteiger partial charge in [-0.2, -0.15) is 0 Å². The lowest BCUT2D eigenvalue weighted by atomic mass is 9.98. The van der Waals surface area contributed by atoms with Crippen molar-refractivity contribution >= 4 is 15.9 Å². The van der Waals surface area contributed by atoms with Gasteiger partial charge in [0, 0.05) is 0 Å². The number of benzene rings is 1. The summed E-state index contributed by atoms with van der Waals surface area (Å²) in [4.78, 5) is 0. The zero-order valence-corrected chi connectivity index (χ0v) is 8.98. The molecule has 1 aliphatic carbocycles. The molecule has 0 unspecified atom stereocenters. The van der Waals surface area contributed by atoms with Gasteiger partial charge < -0.3 is 0 Å². The first kappa shape index (κ1) is 9.20. The van der Waals surface area contributed by atoms with Crippen LogP contribution in [0.2, 0.25) is 0 Å². The molecule has 1 aromatic carbocycles. The maximum atomic E-state index is 13.2. The van der Waals surface area contributed by atoms with Gasteiger partial charge in [0.1, 0.15) is 5.82 Å². The van der Waals surface area contributed by atoms with Crippen LogP contribution in [-0.2, 0) is 0 Å². The molecule has 2 heteroatoms. The lowest BCUT2D eigenvalue weighted by Crippen LogP contribution is -1.95. The topological polar surface area (TPSA) is 0 Å². The molecule has 0 aromatic heterocycles. The van der Waals surface area contributed by atoms with Gasteiger partial charge in [-0.25, -0.2) is 4.39 Å². The second-order valence-corrected chi connectivity index (χ2v) is 4.42. The van der Waals surface area contributed by atoms with E-state index in [0.29, 0.717) is 10.4 Å². The van der Waals surface area contributed by atoms with Gasteiger partial charge in [-0.3, -0.25) is 0 Å². The van der Waals surface area contributed by atoms with E-state index < -0.39 is 0 Å². The molecular weight excluding hydrogens is 231 g/mol. The van der Waals surface area contributed by atoms with Crippen LogP contribution < -0.4 is 0 Å². The molecule has 2 rings (SSSR count). The van der Waals surface area contributed by atoms with Crippen LogP contribution in [0.25, 0.3) is 0 Å². The van der Waals surface area contributed by atoms with E-state index in [1.165, 1.54) is 31.7 Å². The maximum Gasteiger partial charge on any atom is 0.137 e. The molecule has 0 amide bonds. The van der Waals surface area contributed by atoms with Crippen LogP contribution in [0.1, 0.15) is 37.2 Å². The minimum absolute atomic E-state index is 0.135. The first-order valence-corrected chi connectivity index (χ1v) is 5.52. The van der Waals surface area contributed by atoms with Crippen LogP contribution in [0.5, 0.6) is 0 Å². The Morgan fingerprint density at radius 2 is 1.92 bits per heavy atom. The molecule has 0 saturated heterocycles. The Morgan fingerprint density at radius 1 is 1.23 bits per heavy atom. The molecular formula is C11H12BrF. The van der Waals surface area contributed by atoms with E-state index in [2.05, 4.69) is 15.9 Å². The molecule has 1 saturated carbocycles. The lowest BCUT2D eigenvalue weighted by Gasteiger charge is -2.11. The fourth-order valence-corrected chi connectivity index (χ4v) is 2.66. The Bertz CT molecular complexity index is 303. The van der Waals surface area contributed by atoms with Crippen molar-refractivity contribution in [2.45, 2.75) is 31.6 Å². The summed E-state index contributed by atoms with van der Waals surface area (Å²) in [7, 11) is 0. The fourth-order valence-electron chi connectivity index (χ4n) is 2.07. The monoisotopic (exact) mass is 242 g/mol. The van der Waals surface area contributed by atoms with Crippen molar-refractivity contribution in [1.82, 2.24) is 0 Å². The molecule has 0 radical (unpaired) electrons. The molecule has 70 valence electrons. The summed E-state index contributed by atoms with van der Waals surface area (Å²) in [6, 6.07) is 5.33. The van der Waals surface area contributed by atoms with Crippen molar-refractivity contribution in [3.8, 4) is 0 Å². The minimum Gasteiger partial charge on any atom is -0.206 e. The molecule has 0 spiro atoms. The second-order valence-electron chi connectivity index (χ2n) is 3.62. The predicted molar refractivity (Wildman–Crippen MR) is 55.3 cm³/mol. The van der Waals surface area contributed by atoms with Crippen molar-refractivity contribution in [1.29, 1.82) is 0 Å². The summed E-state index contributed by atoms with van der Waals surface area (Å²) in [5, 5.41) is 0. The second kappa shape index (κ2) is 3.79. The van der Waals surface area contributed by atoms with Crippen molar-refractivity contribution in [3.63, 3.8) is 0 Å². The Hall–Kier alpha value is -0.370. The summed E-state index contributed by atoms with van der Waals surface area (Å²) in [5.41, 5.74) is 1.15. The van der Waals surface area contributed by atoms with Gasteiger partial charge in [0.2, 0.25) is 0 Å². The predicted octanol–water partition coefficient (Wildman–Crippen LogP) is 4.25. The Balaban J connectivity index is 2.33. The zero-order chi connectivity index (χ0) is 9.26. The van der Waals surface area contributed by atoms with Gasteiger partial charge >= 0.3 is 0 Å². The van der Waals surface area contributed by atoms with Crippen molar-refractivity contribution in [2.24, 2.45) is 0 Å². The molecule has 1 fully saturated rings. The summed E-state index contributed by atoms with van der Waals surface area (Å²) in [6.45, 7) is 0. The third-order valence-electron chi connectivity index (χ3n) is 2.78. The quantitative estimate of drug-likeness (QED) is 0.691. The highest BCUT2D eigenvalue weighted by Gasteiger charge is 2.20. The molecule has 0 nitrogen and oxygen atoms in total. The van der Waals surface area contributed by atoms with Gasteiger partial charge in [0.15, 0.2) is 0 Å². The molecule has 1 aliphatic rings. The first-order valence-electron chi connectivity index (χ1n) is 4.73. The number of hydrogen-bond donors (Lipinski definition) is 0. The molecule has 13 heavy (non-hydrogen) atoms. The highest BCUT2D eigenvalue weighted by molar-refractivity contribution is 9.10. The minimum atomic E-state index is -0.135. The van der Waals surface area contributed by atoms with Crippen LogP contribution >= 0.6 is 15.9 Å². The normalized spacial score (nSPS) is 18.0. The van der Waals surface area contributed by atoms with E-state index in [1.54, 1.807) is 6.07 Å². The summed E-state index contributed by atoms with van der Waals surface area (Å²) in [5.74, 6) is 0.439. The van der Waals surface area contributed by atoms with E-state index >= 15 is 0 Å². The zero-order valence-electron chi connectivity index (χ0n) is 7.39. The Kier molecular flexibility index (Phi) is 2.68. The van der Waals surface area contributed by atoms with Crippen LogP contribution in [0, 0.1) is 5.82 Å². The Morgan fingerprint density at radius 3 is 2.62 bits per heavy atom. The average Bonchev–Trinajstić information content (AvgIpc) is 2.62. The fraction of sp³-hybridized carbons (Fsp3) is 0.455. The van der Waals surface area contributed by atoms with E-state index in [9.17, 15) is 4.39 Å². The van der Waals surface area contributed by atoms with Crippen molar-refractivity contribution in [2.75, 3.05) is 0 Å². The van der Waals surface area contributed by atoms with Crippen molar-refractivity contribution < 1.29 is 4.39 Å². The van der Waals surface area contributed by atoms with E-state index in [0.717, 1.165) is 5.56 Å². The number of halogens is 2. The average molecular weight is 243 g/mol. The highest BCUT2D eigenvalue weighted by atomic mass is 79.9. The number of hydrogen-bond acceptors (Lipinski definition) is 0. The Labute approximate surface area is 86.3 Å². The van der Waals surface area contributed by atoms with Gasteiger partial charge in [-0.1, -0.05) is 25.0 Å². The van der Waals surface area contributed by atoms with Crippen LogP contribution in [-0.4, -0.2) is 0 Å². The summed E-state index contributed by atoms with van der Waals surface area (Å²) in [6.07, 6.45) is 4.99. The van der Waals surface area contributed by atoms with Crippen molar-refractivity contribution in [3.05, 3.63) is 34.1 Å².